The zero-order valence-electron chi connectivity index (χ0n) is 31.8. The van der Waals surface area contributed by atoms with Gasteiger partial charge in [-0.2, -0.15) is 12.4 Å². The number of allylic oxidation sites excluding steroid dienone is 2. The first kappa shape index (κ1) is 42.8. The molecule has 0 amide bonds. The molecule has 0 aliphatic carbocycles. The number of nitro benzene ring substituents is 2. The van der Waals surface area contributed by atoms with E-state index >= 15 is 0 Å². The van der Waals surface area contributed by atoms with Crippen molar-refractivity contribution in [3.63, 3.8) is 0 Å². The second kappa shape index (κ2) is 21.2. The van der Waals surface area contributed by atoms with Crippen LogP contribution in [0.15, 0.2) is 168 Å². The minimum absolute atomic E-state index is 0. The summed E-state index contributed by atoms with van der Waals surface area (Å²) in [4.78, 5) is 30.2. The molecule has 1 radical (unpaired) electrons. The molecule has 0 saturated heterocycles. The molecule has 0 bridgehead atoms. The van der Waals surface area contributed by atoms with Crippen LogP contribution in [0.2, 0.25) is 0 Å². The Labute approximate surface area is 343 Å². The minimum Gasteiger partial charge on any atom is -0.663 e. The topological polar surface area (TPSA) is 139 Å². The summed E-state index contributed by atoms with van der Waals surface area (Å²) < 4.78 is 0. The van der Waals surface area contributed by atoms with Gasteiger partial charge in [0.2, 0.25) is 0 Å². The molecule has 0 N–H and O–H groups in total. The molecule has 10 nitrogen and oxygen atoms in total. The number of nitrogens with zero attached hydrogens (tertiary/aromatic N) is 6. The molecule has 6 aromatic rings. The molecule has 57 heavy (non-hydrogen) atoms. The van der Waals surface area contributed by atoms with Crippen LogP contribution in [0.5, 0.6) is 0 Å². The van der Waals surface area contributed by atoms with Crippen LogP contribution in [0.3, 0.4) is 0 Å². The van der Waals surface area contributed by atoms with Crippen molar-refractivity contribution in [2.24, 2.45) is 9.98 Å². The second-order valence-electron chi connectivity index (χ2n) is 12.7. The Balaban J connectivity index is 0.000000248. The summed E-state index contributed by atoms with van der Waals surface area (Å²) in [5, 5.41) is 31.0. The van der Waals surface area contributed by atoms with Crippen molar-refractivity contribution in [1.29, 1.82) is 0 Å². The van der Waals surface area contributed by atoms with Crippen LogP contribution in [-0.2, 0) is 17.1 Å². The Morgan fingerprint density at radius 1 is 0.474 bits per heavy atom. The molecule has 0 atom stereocenters. The van der Waals surface area contributed by atoms with Gasteiger partial charge in [0.25, 0.3) is 11.4 Å². The van der Waals surface area contributed by atoms with Gasteiger partial charge < -0.3 is 10.6 Å². The maximum absolute atomic E-state index is 10.9. The first-order chi connectivity index (χ1) is 27.1. The average molecular weight is 804 g/mol. The molecule has 289 valence electrons. The fourth-order valence-corrected chi connectivity index (χ4v) is 5.31. The van der Waals surface area contributed by atoms with E-state index in [-0.39, 0.29) is 28.4 Å². The van der Waals surface area contributed by atoms with Gasteiger partial charge >= 0.3 is 17.1 Å². The van der Waals surface area contributed by atoms with E-state index in [1.807, 2.05) is 125 Å². The Morgan fingerprint density at radius 3 is 1.11 bits per heavy atom. The van der Waals surface area contributed by atoms with Gasteiger partial charge in [-0.25, -0.2) is 0 Å². The van der Waals surface area contributed by atoms with Crippen molar-refractivity contribution >= 4 is 57.7 Å². The Hall–Kier alpha value is -6.94. The van der Waals surface area contributed by atoms with E-state index in [0.29, 0.717) is 0 Å². The number of non-ortho nitro benzene ring substituents is 2. The van der Waals surface area contributed by atoms with Crippen molar-refractivity contribution in [3.05, 3.63) is 222 Å². The Kier molecular flexibility index (Phi) is 15.9. The molecule has 0 fully saturated rings. The number of benzene rings is 6. The molecule has 11 heteroatoms. The second-order valence-corrected chi connectivity index (χ2v) is 12.7. The summed E-state index contributed by atoms with van der Waals surface area (Å²) in [5.41, 5.74) is 11.0. The first-order valence-corrected chi connectivity index (χ1v) is 17.7. The van der Waals surface area contributed by atoms with Gasteiger partial charge in [-0.1, -0.05) is 96.1 Å². The molecule has 0 saturated carbocycles. The fraction of sp³-hybridized carbons (Fsp3) is 0.0870. The van der Waals surface area contributed by atoms with Crippen LogP contribution in [0.1, 0.15) is 33.4 Å². The number of hydrogen-bond acceptors (Lipinski definition) is 6. The molecule has 0 unspecified atom stereocenters. The SMILES string of the molecule is Cc1ccccc1N=C/C(=C\[N-]c1ccccc1C)c1ccc([N+](=O)[O-])cc1.Cc1ccccc1N=C/C(=C\[N-]c1ccccc1C)c1ccc([N+](=O)[O-])cc1.[Cu+2]. The Morgan fingerprint density at radius 2 is 0.789 bits per heavy atom. The van der Waals surface area contributed by atoms with Crippen molar-refractivity contribution in [3.8, 4) is 0 Å². The minimum atomic E-state index is -0.410. The average Bonchev–Trinajstić information content (AvgIpc) is 3.20. The summed E-state index contributed by atoms with van der Waals surface area (Å²) >= 11 is 0. The molecular formula is C46H40CuN6O4. The number of rotatable bonds is 12. The van der Waals surface area contributed by atoms with Gasteiger partial charge in [-0.05, 0) is 97.5 Å². The number of aliphatic imine (C=N–C) groups is 2. The molecule has 6 rings (SSSR count). The van der Waals surface area contributed by atoms with Crippen molar-refractivity contribution in [1.82, 2.24) is 0 Å². The maximum Gasteiger partial charge on any atom is 2.00 e. The monoisotopic (exact) mass is 803 g/mol. The van der Waals surface area contributed by atoms with Crippen molar-refractivity contribution in [2.45, 2.75) is 27.7 Å². The first-order valence-electron chi connectivity index (χ1n) is 17.7. The fourth-order valence-electron chi connectivity index (χ4n) is 5.31. The molecule has 6 aromatic carbocycles. The van der Waals surface area contributed by atoms with E-state index in [0.717, 1.165) is 67.3 Å². The van der Waals surface area contributed by atoms with Gasteiger partial charge in [-0.3, -0.25) is 30.2 Å². The predicted molar refractivity (Wildman–Crippen MR) is 229 cm³/mol. The zero-order chi connectivity index (χ0) is 39.9. The summed E-state index contributed by atoms with van der Waals surface area (Å²) in [7, 11) is 0. The van der Waals surface area contributed by atoms with Crippen molar-refractivity contribution < 1.29 is 26.9 Å². The molecule has 0 aliphatic heterocycles. The molecular weight excluding hydrogens is 764 g/mol. The van der Waals surface area contributed by atoms with E-state index in [9.17, 15) is 20.2 Å². The van der Waals surface area contributed by atoms with Gasteiger partial charge in [0.1, 0.15) is 0 Å². The van der Waals surface area contributed by atoms with Gasteiger partial charge in [0.15, 0.2) is 0 Å². The molecule has 0 heterocycles. The third-order valence-corrected chi connectivity index (χ3v) is 8.66. The van der Waals surface area contributed by atoms with Crippen LogP contribution in [0.25, 0.3) is 21.8 Å². The molecule has 0 aromatic heterocycles. The van der Waals surface area contributed by atoms with E-state index in [2.05, 4.69) is 20.6 Å². The van der Waals surface area contributed by atoms with E-state index < -0.39 is 9.85 Å². The number of para-hydroxylation sites is 4. The standard InChI is InChI=1S/2C23H20N3O2.Cu/c2*1-17-7-3-5-9-22(17)24-15-20(16-25-23-10-6-4-8-18(23)2)19-11-13-21(14-12-19)26(27)28;/h2*3-16H,1-2H3;/q2*-1;+2/b2*20-15+,25-16?;. The molecule has 0 spiro atoms. The van der Waals surface area contributed by atoms with Crippen LogP contribution in [0, 0.1) is 47.9 Å². The van der Waals surface area contributed by atoms with Crippen LogP contribution in [0.4, 0.5) is 34.1 Å². The van der Waals surface area contributed by atoms with E-state index in [1.165, 1.54) is 24.3 Å². The summed E-state index contributed by atoms with van der Waals surface area (Å²) in [5.74, 6) is 0. The van der Waals surface area contributed by atoms with Crippen LogP contribution < -0.4 is 0 Å². The number of aryl methyl sites for hydroxylation is 4. The quantitative estimate of drug-likeness (QED) is 0.0526. The van der Waals surface area contributed by atoms with Crippen LogP contribution in [-0.4, -0.2) is 22.3 Å². The van der Waals surface area contributed by atoms with Crippen LogP contribution >= 0.6 is 0 Å². The zero-order valence-corrected chi connectivity index (χ0v) is 32.7. The van der Waals surface area contributed by atoms with Crippen molar-refractivity contribution in [2.75, 3.05) is 0 Å². The summed E-state index contributed by atoms with van der Waals surface area (Å²) in [6, 6.07) is 44.2. The predicted octanol–water partition coefficient (Wildman–Crippen LogP) is 13.3. The third-order valence-electron chi connectivity index (χ3n) is 8.66. The summed E-state index contributed by atoms with van der Waals surface area (Å²) in [6.45, 7) is 8.00. The summed E-state index contributed by atoms with van der Waals surface area (Å²) in [6.07, 6.45) is 6.97. The van der Waals surface area contributed by atoms with Gasteiger partial charge in [0.05, 0.1) is 21.2 Å². The largest absolute Gasteiger partial charge is 2.00 e. The van der Waals surface area contributed by atoms with E-state index in [1.54, 1.807) is 49.1 Å². The van der Waals surface area contributed by atoms with E-state index in [4.69, 9.17) is 0 Å². The van der Waals surface area contributed by atoms with Gasteiger partial charge in [0, 0.05) is 36.7 Å². The number of hydrogen-bond donors (Lipinski definition) is 0. The number of nitro groups is 2. The smallest absolute Gasteiger partial charge is 0.663 e. The third kappa shape index (κ3) is 12.5. The van der Waals surface area contributed by atoms with Gasteiger partial charge in [-0.15, -0.1) is 11.4 Å². The normalized spacial score (nSPS) is 11.4. The molecule has 0 aliphatic rings. The Bertz CT molecular complexity index is 2250. The maximum atomic E-state index is 10.9.